The Hall–Kier alpha value is -2.49. The monoisotopic (exact) mass is 223 g/mol. The predicted octanol–water partition coefficient (Wildman–Crippen LogP) is 1.99. The summed E-state index contributed by atoms with van der Waals surface area (Å²) in [5.74, 6) is 0. The van der Waals surface area contributed by atoms with Gasteiger partial charge in [-0.2, -0.15) is 10.2 Å². The van der Waals surface area contributed by atoms with Crippen LogP contribution in [0.5, 0.6) is 0 Å². The second-order valence-corrected chi connectivity index (χ2v) is 3.73. The number of hydrogen-bond acceptors (Lipinski definition) is 3. The fourth-order valence-corrected chi connectivity index (χ4v) is 1.77. The van der Waals surface area contributed by atoms with E-state index in [9.17, 15) is 4.79 Å². The molecule has 2 heterocycles. The molecule has 0 saturated carbocycles. The third-order valence-corrected chi connectivity index (χ3v) is 2.59. The smallest absolute Gasteiger partial charge is 0.248 e. The molecule has 0 bridgehead atoms. The fraction of sp³-hybridized carbons (Fsp3) is 0. The molecule has 82 valence electrons. The normalized spacial score (nSPS) is 10.6. The van der Waals surface area contributed by atoms with E-state index >= 15 is 0 Å². The predicted molar refractivity (Wildman–Crippen MR) is 65.6 cm³/mol. The van der Waals surface area contributed by atoms with Crippen LogP contribution in [0.2, 0.25) is 0 Å². The van der Waals surface area contributed by atoms with Gasteiger partial charge in [0.1, 0.15) is 0 Å². The summed E-state index contributed by atoms with van der Waals surface area (Å²) in [5, 5.41) is 8.88. The largest absolute Gasteiger partial charge is 0.322 e. The third-order valence-electron chi connectivity index (χ3n) is 2.59. The number of rotatable bonds is 1. The number of aromatic amines is 1. The Bertz CT molecular complexity index is 719. The van der Waals surface area contributed by atoms with Crippen molar-refractivity contribution in [2.75, 3.05) is 0 Å². The second-order valence-electron chi connectivity index (χ2n) is 3.73. The molecule has 1 N–H and O–H groups in total. The summed E-state index contributed by atoms with van der Waals surface area (Å²) < 4.78 is 0. The number of H-pyrrole nitrogens is 1. The van der Waals surface area contributed by atoms with Crippen molar-refractivity contribution in [1.29, 1.82) is 0 Å². The molecular formula is C13H9N3O. The average Bonchev–Trinajstić information content (AvgIpc) is 2.39. The Morgan fingerprint density at radius 1 is 1.06 bits per heavy atom. The molecule has 2 aromatic heterocycles. The van der Waals surface area contributed by atoms with E-state index in [1.54, 1.807) is 12.3 Å². The van der Waals surface area contributed by atoms with Crippen LogP contribution in [0.4, 0.5) is 0 Å². The summed E-state index contributed by atoms with van der Waals surface area (Å²) in [5.41, 5.74) is 2.54. The van der Waals surface area contributed by atoms with E-state index in [1.165, 1.54) is 6.07 Å². The van der Waals surface area contributed by atoms with Crippen LogP contribution in [0.15, 0.2) is 53.5 Å². The Morgan fingerprint density at radius 3 is 2.82 bits per heavy atom. The van der Waals surface area contributed by atoms with Gasteiger partial charge in [-0.15, -0.1) is 0 Å². The molecule has 0 fully saturated rings. The van der Waals surface area contributed by atoms with E-state index in [2.05, 4.69) is 15.2 Å². The molecule has 0 saturated heterocycles. The van der Waals surface area contributed by atoms with Crippen molar-refractivity contribution >= 4 is 10.9 Å². The van der Waals surface area contributed by atoms with Crippen molar-refractivity contribution in [2.45, 2.75) is 0 Å². The summed E-state index contributed by atoms with van der Waals surface area (Å²) >= 11 is 0. The van der Waals surface area contributed by atoms with Crippen LogP contribution in [0.1, 0.15) is 0 Å². The van der Waals surface area contributed by atoms with Gasteiger partial charge < -0.3 is 4.98 Å². The van der Waals surface area contributed by atoms with Gasteiger partial charge in [-0.1, -0.05) is 6.07 Å². The van der Waals surface area contributed by atoms with Gasteiger partial charge in [-0.05, 0) is 35.7 Å². The molecule has 3 rings (SSSR count). The number of pyridine rings is 1. The van der Waals surface area contributed by atoms with Gasteiger partial charge in [0.25, 0.3) is 0 Å². The number of nitrogens with zero attached hydrogens (tertiary/aromatic N) is 2. The lowest BCUT2D eigenvalue weighted by Gasteiger charge is -2.01. The SMILES string of the molecule is O=c1ccc2cc(-c3cccnn3)ccc2[nH]1. The average molecular weight is 223 g/mol. The lowest BCUT2D eigenvalue weighted by atomic mass is 10.1. The quantitative estimate of drug-likeness (QED) is 0.686. The summed E-state index contributed by atoms with van der Waals surface area (Å²) in [6.07, 6.45) is 1.64. The Balaban J connectivity index is 2.21. The highest BCUT2D eigenvalue weighted by Gasteiger charge is 2.01. The summed E-state index contributed by atoms with van der Waals surface area (Å²) in [7, 11) is 0. The Kier molecular flexibility index (Phi) is 2.19. The van der Waals surface area contributed by atoms with Gasteiger partial charge in [0.05, 0.1) is 5.69 Å². The number of aromatic nitrogens is 3. The maximum absolute atomic E-state index is 11.2. The number of fused-ring (bicyclic) bond motifs is 1. The van der Waals surface area contributed by atoms with Crippen molar-refractivity contribution in [3.05, 3.63) is 59.0 Å². The summed E-state index contributed by atoms with van der Waals surface area (Å²) in [4.78, 5) is 13.9. The van der Waals surface area contributed by atoms with Crippen molar-refractivity contribution in [1.82, 2.24) is 15.2 Å². The van der Waals surface area contributed by atoms with E-state index in [4.69, 9.17) is 0 Å². The molecule has 0 aliphatic carbocycles. The first-order chi connectivity index (χ1) is 8.33. The van der Waals surface area contributed by atoms with E-state index in [0.717, 1.165) is 22.2 Å². The van der Waals surface area contributed by atoms with Crippen LogP contribution in [-0.4, -0.2) is 15.2 Å². The van der Waals surface area contributed by atoms with Gasteiger partial charge in [0.15, 0.2) is 0 Å². The molecule has 0 aliphatic heterocycles. The maximum Gasteiger partial charge on any atom is 0.248 e. The zero-order valence-corrected chi connectivity index (χ0v) is 8.92. The maximum atomic E-state index is 11.2. The first-order valence-corrected chi connectivity index (χ1v) is 5.24. The minimum atomic E-state index is -0.0928. The molecule has 0 atom stereocenters. The van der Waals surface area contributed by atoms with Crippen LogP contribution >= 0.6 is 0 Å². The molecule has 0 radical (unpaired) electrons. The van der Waals surface area contributed by atoms with Crippen LogP contribution < -0.4 is 5.56 Å². The highest BCUT2D eigenvalue weighted by molar-refractivity contribution is 5.83. The first-order valence-electron chi connectivity index (χ1n) is 5.24. The summed E-state index contributed by atoms with van der Waals surface area (Å²) in [6.45, 7) is 0. The molecule has 3 aromatic rings. The molecule has 4 nitrogen and oxygen atoms in total. The fourth-order valence-electron chi connectivity index (χ4n) is 1.77. The van der Waals surface area contributed by atoms with E-state index in [-0.39, 0.29) is 5.56 Å². The molecule has 4 heteroatoms. The van der Waals surface area contributed by atoms with Crippen LogP contribution in [-0.2, 0) is 0 Å². The second kappa shape index (κ2) is 3.83. The molecule has 17 heavy (non-hydrogen) atoms. The standard InChI is InChI=1S/C13H9N3O/c17-13-6-4-9-8-10(3-5-11(9)15-13)12-2-1-7-14-16-12/h1-8H,(H,15,17). The lowest BCUT2D eigenvalue weighted by molar-refractivity contribution is 1.04. The van der Waals surface area contributed by atoms with Crippen molar-refractivity contribution in [3.63, 3.8) is 0 Å². The molecule has 0 amide bonds. The minimum absolute atomic E-state index is 0.0928. The Morgan fingerprint density at radius 2 is 2.00 bits per heavy atom. The van der Waals surface area contributed by atoms with E-state index in [1.807, 2.05) is 30.3 Å². The lowest BCUT2D eigenvalue weighted by Crippen LogP contribution is -2.02. The molecule has 0 aliphatic rings. The molecule has 0 spiro atoms. The van der Waals surface area contributed by atoms with Gasteiger partial charge >= 0.3 is 0 Å². The first kappa shape index (κ1) is 9.72. The zero-order valence-electron chi connectivity index (χ0n) is 8.92. The topological polar surface area (TPSA) is 58.6 Å². The molecule has 1 aromatic carbocycles. The molecule has 0 unspecified atom stereocenters. The van der Waals surface area contributed by atoms with Crippen molar-refractivity contribution in [3.8, 4) is 11.3 Å². The van der Waals surface area contributed by atoms with Gasteiger partial charge in [-0.3, -0.25) is 4.79 Å². The third kappa shape index (κ3) is 1.80. The van der Waals surface area contributed by atoms with Crippen LogP contribution in [0, 0.1) is 0 Å². The van der Waals surface area contributed by atoms with E-state index in [0.29, 0.717) is 0 Å². The Labute approximate surface area is 97.0 Å². The van der Waals surface area contributed by atoms with Crippen molar-refractivity contribution < 1.29 is 0 Å². The number of nitrogens with one attached hydrogen (secondary N) is 1. The van der Waals surface area contributed by atoms with Gasteiger partial charge in [0.2, 0.25) is 5.56 Å². The highest BCUT2D eigenvalue weighted by atomic mass is 16.1. The van der Waals surface area contributed by atoms with Crippen LogP contribution in [0.25, 0.3) is 22.2 Å². The highest BCUT2D eigenvalue weighted by Crippen LogP contribution is 2.20. The van der Waals surface area contributed by atoms with Gasteiger partial charge in [0, 0.05) is 23.3 Å². The van der Waals surface area contributed by atoms with Crippen LogP contribution in [0.3, 0.4) is 0 Å². The molecular weight excluding hydrogens is 214 g/mol. The minimum Gasteiger partial charge on any atom is -0.322 e. The van der Waals surface area contributed by atoms with Gasteiger partial charge in [-0.25, -0.2) is 0 Å². The van der Waals surface area contributed by atoms with Crippen molar-refractivity contribution in [2.24, 2.45) is 0 Å². The zero-order chi connectivity index (χ0) is 11.7. The number of benzene rings is 1. The van der Waals surface area contributed by atoms with E-state index < -0.39 is 0 Å². The summed E-state index contributed by atoms with van der Waals surface area (Å²) in [6, 6.07) is 12.8. The number of hydrogen-bond donors (Lipinski definition) is 1.